The number of fused-ring (bicyclic) bond motifs is 5. The minimum absolute atomic E-state index is 0.124. The summed E-state index contributed by atoms with van der Waals surface area (Å²) < 4.78 is 0. The quantitative estimate of drug-likeness (QED) is 0.605. The van der Waals surface area contributed by atoms with Crippen molar-refractivity contribution in [1.29, 1.82) is 0 Å². The van der Waals surface area contributed by atoms with E-state index in [9.17, 15) is 14.4 Å². The molecule has 0 unspecified atom stereocenters. The van der Waals surface area contributed by atoms with Gasteiger partial charge in [-0.05, 0) is 24.7 Å². The minimum Gasteiger partial charge on any atom is -0.320 e. The molecule has 2 aliphatic carbocycles. The number of hydrogen-bond donors (Lipinski definition) is 1. The number of allylic oxidation sites excluding steroid dienone is 2. The van der Waals surface area contributed by atoms with Crippen LogP contribution in [0.5, 0.6) is 0 Å². The van der Waals surface area contributed by atoms with Gasteiger partial charge in [-0.15, -0.1) is 5.06 Å². The molecule has 2 bridgehead atoms. The van der Waals surface area contributed by atoms with Crippen LogP contribution >= 0.6 is 0 Å². The van der Waals surface area contributed by atoms with Crippen LogP contribution in [0, 0.1) is 23.7 Å². The van der Waals surface area contributed by atoms with Crippen LogP contribution < -0.4 is 5.32 Å². The Morgan fingerprint density at radius 2 is 1.89 bits per heavy atom. The summed E-state index contributed by atoms with van der Waals surface area (Å²) in [4.78, 5) is 40.6. The van der Waals surface area contributed by atoms with Crippen molar-refractivity contribution in [2.75, 3.05) is 6.54 Å². The fourth-order valence-corrected chi connectivity index (χ4v) is 3.31. The lowest BCUT2D eigenvalue weighted by Crippen LogP contribution is -2.39. The van der Waals surface area contributed by atoms with Crippen molar-refractivity contribution in [2.24, 2.45) is 23.7 Å². The number of hydrogen-bond acceptors (Lipinski definition) is 4. The van der Waals surface area contributed by atoms with Crippen LogP contribution in [0.1, 0.15) is 19.8 Å². The molecule has 6 nitrogen and oxygen atoms in total. The fourth-order valence-electron chi connectivity index (χ4n) is 3.31. The lowest BCUT2D eigenvalue weighted by molar-refractivity contribution is -0.174. The molecule has 1 N–H and O–H groups in total. The van der Waals surface area contributed by atoms with Gasteiger partial charge in [0.25, 0.3) is 11.8 Å². The Kier molecular flexibility index (Phi) is 2.80. The van der Waals surface area contributed by atoms with E-state index in [1.165, 1.54) is 0 Å². The van der Waals surface area contributed by atoms with Gasteiger partial charge in [0.15, 0.2) is 0 Å². The molecule has 3 amide bonds. The first-order valence-electron chi connectivity index (χ1n) is 6.65. The third kappa shape index (κ3) is 1.74. The van der Waals surface area contributed by atoms with Crippen LogP contribution in [0.25, 0.3) is 0 Å². The second kappa shape index (κ2) is 4.36. The normalized spacial score (nSPS) is 34.9. The SMILES string of the molecule is CCCNC(=O)ON1C(=O)[C@@H]2[C@@H](C1=O)[C@H]1C=C[C@H]2C1. The maximum absolute atomic E-state index is 12.2. The molecule has 0 aromatic heterocycles. The summed E-state index contributed by atoms with van der Waals surface area (Å²) in [6.07, 6.45) is 4.87. The molecule has 1 saturated heterocycles. The number of nitrogens with zero attached hydrogens (tertiary/aromatic N) is 1. The van der Waals surface area contributed by atoms with Crippen molar-refractivity contribution < 1.29 is 19.2 Å². The summed E-state index contributed by atoms with van der Waals surface area (Å²) in [6.45, 7) is 2.36. The lowest BCUT2D eigenvalue weighted by Gasteiger charge is -2.15. The molecule has 0 radical (unpaired) electrons. The van der Waals surface area contributed by atoms with Gasteiger partial charge in [-0.3, -0.25) is 9.59 Å². The summed E-state index contributed by atoms with van der Waals surface area (Å²) in [7, 11) is 0. The number of carbonyl (C=O) groups excluding carboxylic acids is 3. The van der Waals surface area contributed by atoms with Crippen molar-refractivity contribution in [3.8, 4) is 0 Å². The van der Waals surface area contributed by atoms with Crippen molar-refractivity contribution >= 4 is 17.9 Å². The average molecular weight is 264 g/mol. The van der Waals surface area contributed by atoms with E-state index in [2.05, 4.69) is 5.32 Å². The van der Waals surface area contributed by atoms with E-state index in [0.29, 0.717) is 11.6 Å². The predicted molar refractivity (Wildman–Crippen MR) is 64.3 cm³/mol. The van der Waals surface area contributed by atoms with Gasteiger partial charge in [-0.1, -0.05) is 19.1 Å². The number of nitrogens with one attached hydrogen (secondary N) is 1. The van der Waals surface area contributed by atoms with E-state index in [0.717, 1.165) is 12.8 Å². The van der Waals surface area contributed by atoms with Crippen molar-refractivity contribution in [2.45, 2.75) is 19.8 Å². The van der Waals surface area contributed by atoms with Crippen LogP contribution in [-0.2, 0) is 14.4 Å². The fraction of sp³-hybridized carbons (Fsp3) is 0.615. The summed E-state index contributed by atoms with van der Waals surface area (Å²) in [5.74, 6) is -1.17. The zero-order chi connectivity index (χ0) is 13.6. The van der Waals surface area contributed by atoms with Gasteiger partial charge in [0.2, 0.25) is 0 Å². The lowest BCUT2D eigenvalue weighted by atomic mass is 9.85. The van der Waals surface area contributed by atoms with E-state index in [4.69, 9.17) is 4.84 Å². The molecule has 1 heterocycles. The van der Waals surface area contributed by atoms with Gasteiger partial charge in [-0.2, -0.15) is 0 Å². The smallest absolute Gasteiger partial charge is 0.320 e. The third-order valence-electron chi connectivity index (χ3n) is 4.12. The number of carbonyl (C=O) groups is 3. The second-order valence-electron chi connectivity index (χ2n) is 5.28. The number of amides is 3. The standard InChI is InChI=1S/C13H16N2O4/c1-2-5-14-13(18)19-15-11(16)9-7-3-4-8(6-7)10(9)12(15)17/h3-4,7-10H,2,5-6H2,1H3,(H,14,18)/t7-,8-,9-,10-/m0/s1. The largest absolute Gasteiger partial charge is 0.432 e. The first-order valence-corrected chi connectivity index (χ1v) is 6.65. The Morgan fingerprint density at radius 3 is 2.42 bits per heavy atom. The average Bonchev–Trinajstić information content (AvgIpc) is 3.06. The molecule has 0 aromatic carbocycles. The first-order chi connectivity index (χ1) is 9.13. The zero-order valence-electron chi connectivity index (χ0n) is 10.7. The summed E-state index contributed by atoms with van der Waals surface area (Å²) in [6, 6.07) is 0. The Hall–Kier alpha value is -1.85. The second-order valence-corrected chi connectivity index (χ2v) is 5.28. The molecule has 19 heavy (non-hydrogen) atoms. The van der Waals surface area contributed by atoms with Gasteiger partial charge in [-0.25, -0.2) is 4.79 Å². The zero-order valence-corrected chi connectivity index (χ0v) is 10.7. The highest BCUT2D eigenvalue weighted by atomic mass is 16.7. The predicted octanol–water partition coefficient (Wildman–Crippen LogP) is 0.845. The van der Waals surface area contributed by atoms with E-state index < -0.39 is 6.09 Å². The summed E-state index contributed by atoms with van der Waals surface area (Å²) in [5.41, 5.74) is 0. The Morgan fingerprint density at radius 1 is 1.32 bits per heavy atom. The minimum atomic E-state index is -0.746. The number of hydroxylamine groups is 2. The third-order valence-corrected chi connectivity index (χ3v) is 4.12. The maximum atomic E-state index is 12.2. The van der Waals surface area contributed by atoms with Crippen LogP contribution in [0.15, 0.2) is 12.2 Å². The molecular formula is C13H16N2O4. The van der Waals surface area contributed by atoms with E-state index in [1.54, 1.807) is 0 Å². The first kappa shape index (κ1) is 12.2. The highest BCUT2D eigenvalue weighted by Crippen LogP contribution is 2.52. The Labute approximate surface area is 110 Å². The monoisotopic (exact) mass is 264 g/mol. The van der Waals surface area contributed by atoms with E-state index >= 15 is 0 Å². The van der Waals surface area contributed by atoms with Crippen LogP contribution in [0.4, 0.5) is 4.79 Å². The number of imide groups is 1. The molecule has 1 saturated carbocycles. The molecule has 6 heteroatoms. The van der Waals surface area contributed by atoms with E-state index in [-0.39, 0.29) is 35.5 Å². The Bertz CT molecular complexity index is 443. The highest BCUT2D eigenvalue weighted by Gasteiger charge is 2.60. The van der Waals surface area contributed by atoms with Gasteiger partial charge < -0.3 is 10.2 Å². The molecule has 1 aliphatic heterocycles. The summed E-state index contributed by atoms with van der Waals surface area (Å²) >= 11 is 0. The Balaban J connectivity index is 1.70. The molecule has 3 aliphatic rings. The molecule has 2 fully saturated rings. The molecular weight excluding hydrogens is 248 g/mol. The molecule has 4 atom stereocenters. The van der Waals surface area contributed by atoms with Crippen LogP contribution in [0.3, 0.4) is 0 Å². The van der Waals surface area contributed by atoms with Crippen LogP contribution in [-0.4, -0.2) is 29.5 Å². The molecule has 3 rings (SSSR count). The van der Waals surface area contributed by atoms with Gasteiger partial charge in [0, 0.05) is 6.54 Å². The van der Waals surface area contributed by atoms with Crippen LogP contribution in [0.2, 0.25) is 0 Å². The van der Waals surface area contributed by atoms with Crippen molar-refractivity contribution in [3.05, 3.63) is 12.2 Å². The summed E-state index contributed by atoms with van der Waals surface area (Å²) in [5, 5.41) is 3.14. The van der Waals surface area contributed by atoms with E-state index in [1.807, 2.05) is 19.1 Å². The van der Waals surface area contributed by atoms with Gasteiger partial charge >= 0.3 is 6.09 Å². The van der Waals surface area contributed by atoms with Gasteiger partial charge in [0.1, 0.15) is 0 Å². The van der Waals surface area contributed by atoms with Gasteiger partial charge in [0.05, 0.1) is 11.8 Å². The topological polar surface area (TPSA) is 75.7 Å². The number of rotatable bonds is 3. The molecule has 102 valence electrons. The molecule has 0 spiro atoms. The van der Waals surface area contributed by atoms with Crippen molar-refractivity contribution in [1.82, 2.24) is 10.4 Å². The van der Waals surface area contributed by atoms with Crippen molar-refractivity contribution in [3.63, 3.8) is 0 Å². The molecule has 0 aromatic rings. The highest BCUT2D eigenvalue weighted by molar-refractivity contribution is 6.06. The maximum Gasteiger partial charge on any atom is 0.432 e.